The molecule has 0 aromatic heterocycles. The molecule has 1 amide bonds. The van der Waals surface area contributed by atoms with Gasteiger partial charge in [-0.1, -0.05) is 29.8 Å². The number of hydrogen-bond acceptors (Lipinski definition) is 4. The van der Waals surface area contributed by atoms with Crippen molar-refractivity contribution in [2.45, 2.75) is 32.7 Å². The second-order valence-corrected chi connectivity index (χ2v) is 6.03. The van der Waals surface area contributed by atoms with E-state index in [1.165, 1.54) is 0 Å². The summed E-state index contributed by atoms with van der Waals surface area (Å²) in [5.74, 6) is 0.164. The van der Waals surface area contributed by atoms with E-state index in [1.807, 2.05) is 19.9 Å². The molecule has 22 heavy (non-hydrogen) atoms. The molecule has 1 aromatic carbocycles. The third-order valence-corrected chi connectivity index (χ3v) is 3.64. The summed E-state index contributed by atoms with van der Waals surface area (Å²) in [6, 6.07) is 5.07. The molecule has 0 aliphatic heterocycles. The number of aliphatic hydroxyl groups is 1. The lowest BCUT2D eigenvalue weighted by Gasteiger charge is -2.17. The smallest absolute Gasteiger partial charge is 0.261 e. The Labute approximate surface area is 144 Å². The van der Waals surface area contributed by atoms with Crippen LogP contribution in [-0.2, 0) is 0 Å². The molecule has 5 nitrogen and oxygen atoms in total. The van der Waals surface area contributed by atoms with Crippen LogP contribution in [0.3, 0.4) is 0 Å². The quantitative estimate of drug-likeness (QED) is 0.626. The summed E-state index contributed by atoms with van der Waals surface area (Å²) in [4.78, 5) is 12.3. The normalized spacial score (nSPS) is 11.6. The third kappa shape index (κ3) is 5.90. The van der Waals surface area contributed by atoms with Gasteiger partial charge in [-0.05, 0) is 43.3 Å². The number of hydrogen-bond donors (Lipinski definition) is 3. The molecule has 0 bridgehead atoms. The minimum Gasteiger partial charge on any atom is -0.493 e. The maximum absolute atomic E-state index is 12.3. The first kappa shape index (κ1) is 18.9. The van der Waals surface area contributed by atoms with Crippen LogP contribution in [0.15, 0.2) is 22.7 Å². The monoisotopic (exact) mass is 388 g/mol. The van der Waals surface area contributed by atoms with E-state index in [9.17, 15) is 4.79 Å². The number of halogens is 1. The van der Waals surface area contributed by atoms with Gasteiger partial charge in [-0.15, -0.1) is 0 Å². The van der Waals surface area contributed by atoms with Crippen LogP contribution in [0.4, 0.5) is 0 Å². The van der Waals surface area contributed by atoms with Crippen LogP contribution in [0.25, 0.3) is 0 Å². The topological polar surface area (TPSA) is 70.6 Å². The highest BCUT2D eigenvalue weighted by Crippen LogP contribution is 2.23. The second-order valence-electron chi connectivity index (χ2n) is 4.70. The van der Waals surface area contributed by atoms with Crippen LogP contribution >= 0.6 is 28.1 Å². The first-order valence-electron chi connectivity index (χ1n) is 7.16. The average Bonchev–Trinajstić information content (AvgIpc) is 2.51. The van der Waals surface area contributed by atoms with E-state index >= 15 is 0 Å². The number of ether oxygens (including phenoxy) is 1. The number of amides is 1. The predicted molar refractivity (Wildman–Crippen MR) is 94.3 cm³/mol. The van der Waals surface area contributed by atoms with Gasteiger partial charge in [-0.25, -0.2) is 0 Å². The highest BCUT2D eigenvalue weighted by Gasteiger charge is 2.16. The van der Waals surface area contributed by atoms with Crippen molar-refractivity contribution in [3.8, 4) is 5.75 Å². The zero-order valence-corrected chi connectivity index (χ0v) is 15.1. The Hall–Kier alpha value is -1.18. The molecule has 0 spiro atoms. The Morgan fingerprint density at radius 1 is 1.45 bits per heavy atom. The Morgan fingerprint density at radius 2 is 2.18 bits per heavy atom. The van der Waals surface area contributed by atoms with Gasteiger partial charge in [0.15, 0.2) is 5.11 Å². The van der Waals surface area contributed by atoms with Crippen LogP contribution in [0.1, 0.15) is 37.0 Å². The van der Waals surface area contributed by atoms with Gasteiger partial charge >= 0.3 is 0 Å². The number of rotatable bonds is 7. The SMILES string of the molecule is CCCOc1ccc(Br)cc1C(=O)NC(=S)NC(CC)CO. The number of carbonyl (C=O) groups excluding carboxylic acids is 1. The van der Waals surface area contributed by atoms with Gasteiger partial charge in [0.2, 0.25) is 0 Å². The van der Waals surface area contributed by atoms with Crippen LogP contribution in [-0.4, -0.2) is 35.4 Å². The van der Waals surface area contributed by atoms with Crippen molar-refractivity contribution < 1.29 is 14.6 Å². The van der Waals surface area contributed by atoms with E-state index in [1.54, 1.807) is 12.1 Å². The predicted octanol–water partition coefficient (Wildman–Crippen LogP) is 2.61. The van der Waals surface area contributed by atoms with Gasteiger partial charge < -0.3 is 15.2 Å². The molecule has 0 heterocycles. The molecule has 0 radical (unpaired) electrons. The molecular formula is C15H21BrN2O3S. The molecule has 0 aliphatic carbocycles. The number of thiocarbonyl (C=S) groups is 1. The zero-order valence-electron chi connectivity index (χ0n) is 12.7. The number of aliphatic hydroxyl groups excluding tert-OH is 1. The Morgan fingerprint density at radius 3 is 2.77 bits per heavy atom. The van der Waals surface area contributed by atoms with Gasteiger partial charge in [0.1, 0.15) is 5.75 Å². The highest BCUT2D eigenvalue weighted by molar-refractivity contribution is 9.10. The van der Waals surface area contributed by atoms with Gasteiger partial charge in [0.25, 0.3) is 5.91 Å². The maximum Gasteiger partial charge on any atom is 0.261 e. The van der Waals surface area contributed by atoms with Crippen molar-refractivity contribution in [2.75, 3.05) is 13.2 Å². The summed E-state index contributed by atoms with van der Waals surface area (Å²) >= 11 is 8.44. The fourth-order valence-electron chi connectivity index (χ4n) is 1.69. The molecule has 122 valence electrons. The van der Waals surface area contributed by atoms with Gasteiger partial charge in [-0.2, -0.15) is 0 Å². The Kier molecular flexibility index (Phi) is 8.37. The summed E-state index contributed by atoms with van der Waals surface area (Å²) < 4.78 is 6.36. The fraction of sp³-hybridized carbons (Fsp3) is 0.467. The molecule has 0 fully saturated rings. The van der Waals surface area contributed by atoms with E-state index in [0.717, 1.165) is 10.9 Å². The minimum atomic E-state index is -0.349. The molecule has 0 saturated heterocycles. The molecule has 0 aliphatic rings. The number of carbonyl (C=O) groups is 1. The van der Waals surface area contributed by atoms with E-state index in [-0.39, 0.29) is 23.7 Å². The summed E-state index contributed by atoms with van der Waals surface area (Å²) in [7, 11) is 0. The summed E-state index contributed by atoms with van der Waals surface area (Å²) in [6.45, 7) is 4.40. The number of nitrogens with one attached hydrogen (secondary N) is 2. The molecular weight excluding hydrogens is 368 g/mol. The molecule has 7 heteroatoms. The standard InChI is InChI=1S/C15H21BrN2O3S/c1-3-7-21-13-6-5-10(16)8-12(13)14(20)18-15(22)17-11(4-2)9-19/h5-6,8,11,19H,3-4,7,9H2,1-2H3,(H2,17,18,20,22). The highest BCUT2D eigenvalue weighted by atomic mass is 79.9. The van der Waals surface area contributed by atoms with E-state index in [2.05, 4.69) is 26.6 Å². The van der Waals surface area contributed by atoms with Crippen molar-refractivity contribution in [3.05, 3.63) is 28.2 Å². The molecule has 0 saturated carbocycles. The van der Waals surface area contributed by atoms with Crippen molar-refractivity contribution in [3.63, 3.8) is 0 Å². The largest absolute Gasteiger partial charge is 0.493 e. The lowest BCUT2D eigenvalue weighted by molar-refractivity contribution is 0.0972. The van der Waals surface area contributed by atoms with Crippen LogP contribution < -0.4 is 15.4 Å². The lowest BCUT2D eigenvalue weighted by atomic mass is 10.2. The van der Waals surface area contributed by atoms with Gasteiger partial charge in [0.05, 0.1) is 24.8 Å². The summed E-state index contributed by atoms with van der Waals surface area (Å²) in [6.07, 6.45) is 1.56. The third-order valence-electron chi connectivity index (χ3n) is 2.92. The van der Waals surface area contributed by atoms with E-state index in [4.69, 9.17) is 22.1 Å². The lowest BCUT2D eigenvalue weighted by Crippen LogP contribution is -2.45. The maximum atomic E-state index is 12.3. The fourth-order valence-corrected chi connectivity index (χ4v) is 2.31. The van der Waals surface area contributed by atoms with Crippen molar-refractivity contribution in [1.29, 1.82) is 0 Å². The van der Waals surface area contributed by atoms with Crippen molar-refractivity contribution in [1.82, 2.24) is 10.6 Å². The van der Waals surface area contributed by atoms with Crippen LogP contribution in [0, 0.1) is 0 Å². The first-order valence-corrected chi connectivity index (χ1v) is 8.36. The molecule has 1 atom stereocenters. The minimum absolute atomic E-state index is 0.0474. The molecule has 1 unspecified atom stereocenters. The van der Waals surface area contributed by atoms with Crippen molar-refractivity contribution >= 4 is 39.2 Å². The van der Waals surface area contributed by atoms with Gasteiger partial charge in [-0.3, -0.25) is 10.1 Å². The molecule has 1 aromatic rings. The van der Waals surface area contributed by atoms with Crippen molar-refractivity contribution in [2.24, 2.45) is 0 Å². The summed E-state index contributed by atoms with van der Waals surface area (Å²) in [5, 5.41) is 14.8. The van der Waals surface area contributed by atoms with E-state index < -0.39 is 0 Å². The molecule has 1 rings (SSSR count). The Bertz CT molecular complexity index is 522. The van der Waals surface area contributed by atoms with E-state index in [0.29, 0.717) is 24.3 Å². The summed E-state index contributed by atoms with van der Waals surface area (Å²) in [5.41, 5.74) is 0.407. The second kappa shape index (κ2) is 9.76. The van der Waals surface area contributed by atoms with Crippen LogP contribution in [0.5, 0.6) is 5.75 Å². The molecule has 3 N–H and O–H groups in total. The van der Waals surface area contributed by atoms with Crippen LogP contribution in [0.2, 0.25) is 0 Å². The zero-order chi connectivity index (χ0) is 16.5. The number of benzene rings is 1. The van der Waals surface area contributed by atoms with Gasteiger partial charge in [0, 0.05) is 4.47 Å². The average molecular weight is 389 g/mol. The first-order chi connectivity index (χ1) is 10.5. The Balaban J connectivity index is 2.79.